The number of ketones is 1. The number of aliphatic hydroxyl groups excluding tert-OH is 1. The summed E-state index contributed by atoms with van der Waals surface area (Å²) in [5.74, 6) is 0.207. The molecular formula is C13H16N2O4. The van der Waals surface area contributed by atoms with Gasteiger partial charge in [0.2, 0.25) is 0 Å². The Morgan fingerprint density at radius 1 is 1.42 bits per heavy atom. The van der Waals surface area contributed by atoms with Crippen molar-refractivity contribution in [2.24, 2.45) is 5.92 Å². The molecule has 2 rings (SSSR count). The van der Waals surface area contributed by atoms with Gasteiger partial charge in [-0.15, -0.1) is 0 Å². The summed E-state index contributed by atoms with van der Waals surface area (Å²) in [6.45, 7) is 2.00. The number of likely N-dealkylation sites (tertiary alicyclic amines) is 1. The third-order valence-corrected chi connectivity index (χ3v) is 3.40. The minimum Gasteiger partial charge on any atom is -0.396 e. The van der Waals surface area contributed by atoms with Gasteiger partial charge in [0.1, 0.15) is 0 Å². The first-order chi connectivity index (χ1) is 9.10. The summed E-state index contributed by atoms with van der Waals surface area (Å²) < 4.78 is 0. The molecule has 0 spiro atoms. The Morgan fingerprint density at radius 2 is 2.11 bits per heavy atom. The average molecular weight is 264 g/mol. The van der Waals surface area contributed by atoms with Gasteiger partial charge in [-0.25, -0.2) is 0 Å². The number of hydrogen-bond acceptors (Lipinski definition) is 5. The Hall–Kier alpha value is -1.79. The number of carbonyl (C=O) groups excluding carboxylic acids is 1. The number of nitro groups is 1. The van der Waals surface area contributed by atoms with Crippen LogP contribution in [0.2, 0.25) is 0 Å². The van der Waals surface area contributed by atoms with Crippen LogP contribution in [0.15, 0.2) is 24.3 Å². The molecule has 1 atom stereocenters. The fourth-order valence-electron chi connectivity index (χ4n) is 2.27. The molecule has 1 heterocycles. The quantitative estimate of drug-likeness (QED) is 0.489. The summed E-state index contributed by atoms with van der Waals surface area (Å²) in [5.41, 5.74) is 0.469. The van der Waals surface area contributed by atoms with Crippen molar-refractivity contribution < 1.29 is 14.8 Å². The van der Waals surface area contributed by atoms with Crippen LogP contribution < -0.4 is 0 Å². The molecule has 0 radical (unpaired) electrons. The lowest BCUT2D eigenvalue weighted by Gasteiger charge is -2.14. The number of rotatable bonds is 5. The van der Waals surface area contributed by atoms with Crippen LogP contribution in [0.1, 0.15) is 16.8 Å². The Kier molecular flexibility index (Phi) is 4.24. The molecule has 0 aliphatic carbocycles. The summed E-state index contributed by atoms with van der Waals surface area (Å²) in [6, 6.07) is 5.65. The zero-order valence-corrected chi connectivity index (χ0v) is 10.5. The number of carbonyl (C=O) groups is 1. The second-order valence-corrected chi connectivity index (χ2v) is 4.80. The maximum absolute atomic E-state index is 12.0. The molecule has 1 unspecified atom stereocenters. The van der Waals surface area contributed by atoms with E-state index in [-0.39, 0.29) is 24.0 Å². The smallest absolute Gasteiger partial charge is 0.269 e. The van der Waals surface area contributed by atoms with Crippen molar-refractivity contribution in [3.05, 3.63) is 39.9 Å². The molecule has 1 aromatic rings. The number of hydrogen-bond donors (Lipinski definition) is 1. The van der Waals surface area contributed by atoms with Gasteiger partial charge in [-0.3, -0.25) is 19.8 Å². The highest BCUT2D eigenvalue weighted by molar-refractivity contribution is 5.97. The highest BCUT2D eigenvalue weighted by Gasteiger charge is 2.23. The number of Topliss-reactive ketones (excluding diaryl/α,β-unsaturated/α-hetero) is 1. The van der Waals surface area contributed by atoms with Crippen LogP contribution in [0.3, 0.4) is 0 Å². The van der Waals surface area contributed by atoms with Crippen molar-refractivity contribution in [3.63, 3.8) is 0 Å². The third kappa shape index (κ3) is 3.36. The highest BCUT2D eigenvalue weighted by atomic mass is 16.6. The molecule has 1 aliphatic rings. The predicted octanol–water partition coefficient (Wildman–Crippen LogP) is 1.09. The van der Waals surface area contributed by atoms with E-state index in [4.69, 9.17) is 5.11 Å². The van der Waals surface area contributed by atoms with E-state index in [9.17, 15) is 14.9 Å². The van der Waals surface area contributed by atoms with Gasteiger partial charge >= 0.3 is 0 Å². The Labute approximate surface area is 110 Å². The van der Waals surface area contributed by atoms with Crippen molar-refractivity contribution in [3.8, 4) is 0 Å². The molecule has 0 aromatic heterocycles. The number of aliphatic hydroxyl groups is 1. The minimum absolute atomic E-state index is 0.0157. The third-order valence-electron chi connectivity index (χ3n) is 3.40. The topological polar surface area (TPSA) is 83.7 Å². The standard InChI is InChI=1S/C13H16N2O4/c16-9-10-5-6-14(7-10)8-13(17)11-1-3-12(4-2-11)15(18)19/h1-4,10,16H,5-9H2. The van der Waals surface area contributed by atoms with Crippen molar-refractivity contribution in [2.75, 3.05) is 26.2 Å². The molecule has 1 saturated heterocycles. The van der Waals surface area contributed by atoms with Crippen molar-refractivity contribution in [1.29, 1.82) is 0 Å². The van der Waals surface area contributed by atoms with Crippen LogP contribution >= 0.6 is 0 Å². The number of non-ortho nitro benzene ring substituents is 1. The lowest BCUT2D eigenvalue weighted by atomic mass is 10.1. The second kappa shape index (κ2) is 5.90. The van der Waals surface area contributed by atoms with E-state index in [1.54, 1.807) is 0 Å². The minimum atomic E-state index is -0.486. The Bertz CT molecular complexity index is 472. The van der Waals surface area contributed by atoms with Gasteiger partial charge in [0, 0.05) is 30.8 Å². The molecule has 0 amide bonds. The molecule has 6 nitrogen and oxygen atoms in total. The van der Waals surface area contributed by atoms with E-state index in [1.165, 1.54) is 24.3 Å². The largest absolute Gasteiger partial charge is 0.396 e. The molecule has 1 aliphatic heterocycles. The fourth-order valence-corrected chi connectivity index (χ4v) is 2.27. The monoisotopic (exact) mass is 264 g/mol. The average Bonchev–Trinajstić information content (AvgIpc) is 2.86. The lowest BCUT2D eigenvalue weighted by molar-refractivity contribution is -0.384. The normalized spacial score (nSPS) is 19.5. The van der Waals surface area contributed by atoms with Gasteiger partial charge in [-0.2, -0.15) is 0 Å². The van der Waals surface area contributed by atoms with E-state index in [0.717, 1.165) is 19.5 Å². The molecular weight excluding hydrogens is 248 g/mol. The number of nitrogens with zero attached hydrogens (tertiary/aromatic N) is 2. The number of benzene rings is 1. The van der Waals surface area contributed by atoms with Crippen LogP contribution in [0.25, 0.3) is 0 Å². The summed E-state index contributed by atoms with van der Waals surface area (Å²) in [4.78, 5) is 24.0. The molecule has 0 bridgehead atoms. The highest BCUT2D eigenvalue weighted by Crippen LogP contribution is 2.17. The second-order valence-electron chi connectivity index (χ2n) is 4.80. The fraction of sp³-hybridized carbons (Fsp3) is 0.462. The first kappa shape index (κ1) is 13.6. The van der Waals surface area contributed by atoms with Gasteiger partial charge in [0.05, 0.1) is 11.5 Å². The first-order valence-corrected chi connectivity index (χ1v) is 6.21. The van der Waals surface area contributed by atoms with Crippen LogP contribution in [0.5, 0.6) is 0 Å². The summed E-state index contributed by atoms with van der Waals surface area (Å²) >= 11 is 0. The van der Waals surface area contributed by atoms with E-state index < -0.39 is 4.92 Å². The molecule has 1 fully saturated rings. The Balaban J connectivity index is 1.95. The van der Waals surface area contributed by atoms with Gasteiger partial charge in [0.15, 0.2) is 5.78 Å². The van der Waals surface area contributed by atoms with Crippen molar-refractivity contribution in [2.45, 2.75) is 6.42 Å². The maximum atomic E-state index is 12.0. The molecule has 102 valence electrons. The summed E-state index contributed by atoms with van der Waals surface area (Å²) in [5, 5.41) is 19.6. The predicted molar refractivity (Wildman–Crippen MR) is 69.1 cm³/mol. The zero-order chi connectivity index (χ0) is 13.8. The van der Waals surface area contributed by atoms with Gasteiger partial charge in [-0.1, -0.05) is 0 Å². The Morgan fingerprint density at radius 3 is 2.63 bits per heavy atom. The lowest BCUT2D eigenvalue weighted by Crippen LogP contribution is -2.28. The van der Waals surface area contributed by atoms with Crippen molar-refractivity contribution in [1.82, 2.24) is 4.90 Å². The zero-order valence-electron chi connectivity index (χ0n) is 10.5. The molecule has 6 heteroatoms. The molecule has 1 aromatic carbocycles. The van der Waals surface area contributed by atoms with Crippen molar-refractivity contribution >= 4 is 11.5 Å². The van der Waals surface area contributed by atoms with Crippen LogP contribution in [-0.2, 0) is 0 Å². The summed E-state index contributed by atoms with van der Waals surface area (Å²) in [7, 11) is 0. The molecule has 19 heavy (non-hydrogen) atoms. The van der Waals surface area contributed by atoms with E-state index >= 15 is 0 Å². The van der Waals surface area contributed by atoms with E-state index in [1.807, 2.05) is 4.90 Å². The molecule has 0 saturated carbocycles. The molecule has 1 N–H and O–H groups in total. The summed E-state index contributed by atoms with van der Waals surface area (Å²) in [6.07, 6.45) is 0.907. The van der Waals surface area contributed by atoms with Gasteiger partial charge < -0.3 is 5.11 Å². The van der Waals surface area contributed by atoms with E-state index in [2.05, 4.69) is 0 Å². The van der Waals surface area contributed by atoms with Gasteiger partial charge in [-0.05, 0) is 31.0 Å². The van der Waals surface area contributed by atoms with E-state index in [0.29, 0.717) is 12.1 Å². The first-order valence-electron chi connectivity index (χ1n) is 6.21. The maximum Gasteiger partial charge on any atom is 0.269 e. The van der Waals surface area contributed by atoms with Gasteiger partial charge in [0.25, 0.3) is 5.69 Å². The van der Waals surface area contributed by atoms with Crippen LogP contribution in [0.4, 0.5) is 5.69 Å². The number of nitro benzene ring substituents is 1. The van der Waals surface area contributed by atoms with Crippen LogP contribution in [0, 0.1) is 16.0 Å². The van der Waals surface area contributed by atoms with Crippen LogP contribution in [-0.4, -0.2) is 47.0 Å². The SMILES string of the molecule is O=C(CN1CCC(CO)C1)c1ccc([N+](=O)[O-])cc1.